The second-order valence-corrected chi connectivity index (χ2v) is 4.87. The van der Waals surface area contributed by atoms with Crippen LogP contribution in [-0.4, -0.2) is 17.8 Å². The van der Waals surface area contributed by atoms with Crippen LogP contribution in [0.2, 0.25) is 0 Å². The lowest BCUT2D eigenvalue weighted by Gasteiger charge is -2.22. The molecule has 0 saturated heterocycles. The molecule has 0 saturated carbocycles. The molecule has 16 heavy (non-hydrogen) atoms. The van der Waals surface area contributed by atoms with Gasteiger partial charge in [0.1, 0.15) is 5.83 Å². The van der Waals surface area contributed by atoms with Crippen LogP contribution in [0.15, 0.2) is 34.8 Å². The van der Waals surface area contributed by atoms with E-state index in [1.807, 2.05) is 0 Å². The van der Waals surface area contributed by atoms with Crippen molar-refractivity contribution in [2.75, 3.05) is 6.61 Å². The van der Waals surface area contributed by atoms with E-state index in [4.69, 9.17) is 0 Å². The molecule has 1 heterocycles. The molecule has 0 unspecified atom stereocenters. The van der Waals surface area contributed by atoms with Gasteiger partial charge in [0.15, 0.2) is 0 Å². The molecule has 86 valence electrons. The van der Waals surface area contributed by atoms with Crippen molar-refractivity contribution < 1.29 is 9.50 Å². The minimum Gasteiger partial charge on any atom is -0.396 e. The van der Waals surface area contributed by atoms with Gasteiger partial charge in [0.05, 0.1) is 6.04 Å². The minimum atomic E-state index is -0.118. The summed E-state index contributed by atoms with van der Waals surface area (Å²) in [5, 5.41) is 12.7. The highest BCUT2D eigenvalue weighted by atomic mass is 19.1. The number of aliphatic hydroxyl groups is 1. The number of hydrogen-bond acceptors (Lipinski definition) is 2. The van der Waals surface area contributed by atoms with E-state index >= 15 is 0 Å². The standard InChI is InChI=1S/C13H16FNO/c14-9-2-4-13-11(6-9)10-5-8(7-16)1-3-12(10)15-13/h2,6,8,13,15-16H,1,3-5,7H2/t8-,13+/m1/s1. The van der Waals surface area contributed by atoms with Crippen LogP contribution in [0.5, 0.6) is 0 Å². The van der Waals surface area contributed by atoms with Gasteiger partial charge >= 0.3 is 0 Å². The van der Waals surface area contributed by atoms with E-state index in [0.717, 1.165) is 31.3 Å². The molecule has 0 aromatic heterocycles. The van der Waals surface area contributed by atoms with Crippen molar-refractivity contribution in [2.45, 2.75) is 31.7 Å². The van der Waals surface area contributed by atoms with Gasteiger partial charge in [0.2, 0.25) is 0 Å². The summed E-state index contributed by atoms with van der Waals surface area (Å²) in [5.74, 6) is 0.238. The lowest BCUT2D eigenvalue weighted by Crippen LogP contribution is -2.24. The first kappa shape index (κ1) is 10.1. The number of hydrogen-bond donors (Lipinski definition) is 2. The van der Waals surface area contributed by atoms with Gasteiger partial charge in [-0.05, 0) is 54.9 Å². The quantitative estimate of drug-likeness (QED) is 0.711. The van der Waals surface area contributed by atoms with Crippen LogP contribution in [0.1, 0.15) is 25.7 Å². The molecule has 0 fully saturated rings. The second-order valence-electron chi connectivity index (χ2n) is 4.87. The molecular weight excluding hydrogens is 205 g/mol. The lowest BCUT2D eigenvalue weighted by atomic mass is 9.83. The molecule has 3 heteroatoms. The Morgan fingerprint density at radius 3 is 3.19 bits per heavy atom. The van der Waals surface area contributed by atoms with E-state index in [1.54, 1.807) is 12.2 Å². The summed E-state index contributed by atoms with van der Waals surface area (Å²) < 4.78 is 13.2. The summed E-state index contributed by atoms with van der Waals surface area (Å²) in [7, 11) is 0. The number of nitrogens with one attached hydrogen (secondary N) is 1. The van der Waals surface area contributed by atoms with Crippen molar-refractivity contribution in [3.63, 3.8) is 0 Å². The second kappa shape index (κ2) is 3.74. The maximum absolute atomic E-state index is 13.2. The minimum absolute atomic E-state index is 0.118. The molecule has 1 aliphatic heterocycles. The number of fused-ring (bicyclic) bond motifs is 2. The van der Waals surface area contributed by atoms with Gasteiger partial charge in [0, 0.05) is 12.3 Å². The zero-order valence-electron chi connectivity index (χ0n) is 9.17. The van der Waals surface area contributed by atoms with Crippen LogP contribution in [0.25, 0.3) is 0 Å². The predicted octanol–water partition coefficient (Wildman–Crippen LogP) is 2.19. The Kier molecular flexibility index (Phi) is 2.36. The number of allylic oxidation sites excluding steroid dienone is 3. The van der Waals surface area contributed by atoms with Crippen molar-refractivity contribution >= 4 is 0 Å². The fraction of sp³-hybridized carbons (Fsp3) is 0.538. The van der Waals surface area contributed by atoms with E-state index in [2.05, 4.69) is 5.32 Å². The third kappa shape index (κ3) is 1.50. The predicted molar refractivity (Wildman–Crippen MR) is 60.3 cm³/mol. The van der Waals surface area contributed by atoms with Crippen molar-refractivity contribution in [3.05, 3.63) is 34.8 Å². The Bertz CT molecular complexity index is 408. The topological polar surface area (TPSA) is 32.3 Å². The van der Waals surface area contributed by atoms with Crippen molar-refractivity contribution in [1.82, 2.24) is 5.32 Å². The Labute approximate surface area is 94.5 Å². The van der Waals surface area contributed by atoms with E-state index in [-0.39, 0.29) is 18.5 Å². The Morgan fingerprint density at radius 1 is 1.50 bits per heavy atom. The molecule has 2 N–H and O–H groups in total. The molecule has 0 spiro atoms. The first-order chi connectivity index (χ1) is 7.78. The molecule has 0 amide bonds. The van der Waals surface area contributed by atoms with Gasteiger partial charge in [-0.1, -0.05) is 0 Å². The van der Waals surface area contributed by atoms with Crippen LogP contribution in [0, 0.1) is 5.92 Å². The SMILES string of the molecule is OC[C@@H]1CCC2=C(C1)C1=CC(F)=CC[C@@H]1N2. The first-order valence-electron chi connectivity index (χ1n) is 5.95. The van der Waals surface area contributed by atoms with Gasteiger partial charge in [-0.15, -0.1) is 0 Å². The first-order valence-corrected chi connectivity index (χ1v) is 5.95. The molecule has 3 aliphatic rings. The van der Waals surface area contributed by atoms with E-state index in [1.165, 1.54) is 11.3 Å². The largest absolute Gasteiger partial charge is 0.396 e. The molecular formula is C13H16FNO. The van der Waals surface area contributed by atoms with Crippen LogP contribution in [0.3, 0.4) is 0 Å². The Morgan fingerprint density at radius 2 is 2.38 bits per heavy atom. The van der Waals surface area contributed by atoms with Crippen molar-refractivity contribution in [2.24, 2.45) is 5.92 Å². The highest BCUT2D eigenvalue weighted by molar-refractivity contribution is 5.50. The van der Waals surface area contributed by atoms with Crippen LogP contribution < -0.4 is 5.32 Å². The molecule has 2 aliphatic carbocycles. The smallest absolute Gasteiger partial charge is 0.119 e. The van der Waals surface area contributed by atoms with Crippen molar-refractivity contribution in [1.29, 1.82) is 0 Å². The highest BCUT2D eigenvalue weighted by Gasteiger charge is 2.33. The fourth-order valence-electron chi connectivity index (χ4n) is 2.93. The molecule has 3 rings (SSSR count). The summed E-state index contributed by atoms with van der Waals surface area (Å²) in [6, 6.07) is 0.280. The fourth-order valence-corrected chi connectivity index (χ4v) is 2.93. The van der Waals surface area contributed by atoms with Gasteiger partial charge < -0.3 is 10.4 Å². The Hall–Kier alpha value is -1.09. The molecule has 0 bridgehead atoms. The average molecular weight is 221 g/mol. The summed E-state index contributed by atoms with van der Waals surface area (Å²) >= 11 is 0. The zero-order valence-corrected chi connectivity index (χ0v) is 9.17. The molecule has 0 aromatic rings. The van der Waals surface area contributed by atoms with Crippen LogP contribution >= 0.6 is 0 Å². The van der Waals surface area contributed by atoms with Crippen LogP contribution in [-0.2, 0) is 0 Å². The van der Waals surface area contributed by atoms with Gasteiger partial charge in [-0.2, -0.15) is 0 Å². The van der Waals surface area contributed by atoms with Gasteiger partial charge in [-0.3, -0.25) is 0 Å². The number of halogens is 1. The summed E-state index contributed by atoms with van der Waals surface area (Å²) in [6.45, 7) is 0.243. The molecule has 0 aromatic carbocycles. The zero-order chi connectivity index (χ0) is 11.1. The van der Waals surface area contributed by atoms with E-state index < -0.39 is 0 Å². The Balaban J connectivity index is 1.91. The maximum atomic E-state index is 13.2. The van der Waals surface area contributed by atoms with Gasteiger partial charge in [-0.25, -0.2) is 4.39 Å². The number of rotatable bonds is 1. The maximum Gasteiger partial charge on any atom is 0.119 e. The average Bonchev–Trinajstić information content (AvgIpc) is 2.66. The van der Waals surface area contributed by atoms with E-state index in [9.17, 15) is 9.50 Å². The highest BCUT2D eigenvalue weighted by Crippen LogP contribution is 2.41. The van der Waals surface area contributed by atoms with Crippen molar-refractivity contribution in [3.8, 4) is 0 Å². The molecule has 0 radical (unpaired) electrons. The normalized spacial score (nSPS) is 32.6. The van der Waals surface area contributed by atoms with Gasteiger partial charge in [0.25, 0.3) is 0 Å². The summed E-state index contributed by atoms with van der Waals surface area (Å²) in [6.07, 6.45) is 6.98. The molecule has 2 atom stereocenters. The number of aliphatic hydroxyl groups excluding tert-OH is 1. The van der Waals surface area contributed by atoms with E-state index in [0.29, 0.717) is 5.92 Å². The lowest BCUT2D eigenvalue weighted by molar-refractivity contribution is 0.213. The third-order valence-electron chi connectivity index (χ3n) is 3.83. The monoisotopic (exact) mass is 221 g/mol. The summed E-state index contributed by atoms with van der Waals surface area (Å²) in [5.41, 5.74) is 3.66. The summed E-state index contributed by atoms with van der Waals surface area (Å²) in [4.78, 5) is 0. The van der Waals surface area contributed by atoms with Crippen LogP contribution in [0.4, 0.5) is 4.39 Å². The third-order valence-corrected chi connectivity index (χ3v) is 3.83. The molecule has 2 nitrogen and oxygen atoms in total.